The number of aliphatic hydroxyl groups is 1. The molecule has 0 radical (unpaired) electrons. The van der Waals surface area contributed by atoms with E-state index in [0.717, 1.165) is 0 Å². The fraction of sp³-hybridized carbons (Fsp3) is 0.538. The molecule has 1 fully saturated rings. The van der Waals surface area contributed by atoms with Crippen LogP contribution in [-0.4, -0.2) is 53.3 Å². The first-order valence-corrected chi connectivity index (χ1v) is 7.04. The summed E-state index contributed by atoms with van der Waals surface area (Å²) < 4.78 is 5.21. The van der Waals surface area contributed by atoms with Crippen LogP contribution < -0.4 is 0 Å². The minimum atomic E-state index is -0.923. The predicted molar refractivity (Wildman–Crippen MR) is 76.2 cm³/mol. The van der Waals surface area contributed by atoms with Gasteiger partial charge in [0.15, 0.2) is 0 Å². The molecule has 2 rings (SSSR count). The molecule has 1 amide bonds. The van der Waals surface area contributed by atoms with Gasteiger partial charge in [-0.15, -0.1) is 0 Å². The molecule has 1 aliphatic rings. The van der Waals surface area contributed by atoms with Gasteiger partial charge in [-0.2, -0.15) is 0 Å². The van der Waals surface area contributed by atoms with Gasteiger partial charge in [0, 0.05) is 39.6 Å². The lowest BCUT2D eigenvalue weighted by atomic mass is 9.94. The second-order valence-electron chi connectivity index (χ2n) is 4.96. The summed E-state index contributed by atoms with van der Waals surface area (Å²) in [6, 6.07) is 3.05. The molecule has 1 aromatic rings. The highest BCUT2D eigenvalue weighted by Crippen LogP contribution is 2.23. The summed E-state index contributed by atoms with van der Waals surface area (Å²) in [5.41, 5.74) is -0.828. The summed E-state index contributed by atoms with van der Waals surface area (Å²) >= 11 is 11.7. The van der Waals surface area contributed by atoms with Crippen LogP contribution >= 0.6 is 23.2 Å². The van der Waals surface area contributed by atoms with Gasteiger partial charge >= 0.3 is 0 Å². The maximum Gasteiger partial charge on any atom is 0.273 e. The van der Waals surface area contributed by atoms with E-state index in [1.165, 1.54) is 17.0 Å². The predicted octanol–water partition coefficient (Wildman–Crippen LogP) is 2.00. The van der Waals surface area contributed by atoms with Crippen LogP contribution in [0.4, 0.5) is 0 Å². The number of pyridine rings is 1. The van der Waals surface area contributed by atoms with Gasteiger partial charge in [0.1, 0.15) is 10.8 Å². The number of nitrogens with zero attached hydrogens (tertiary/aromatic N) is 2. The van der Waals surface area contributed by atoms with Crippen molar-refractivity contribution in [3.63, 3.8) is 0 Å². The molecule has 0 bridgehead atoms. The van der Waals surface area contributed by atoms with Crippen molar-refractivity contribution in [1.82, 2.24) is 9.88 Å². The molecule has 5 nitrogen and oxygen atoms in total. The quantitative estimate of drug-likeness (QED) is 0.866. The van der Waals surface area contributed by atoms with Crippen LogP contribution in [0, 0.1) is 0 Å². The van der Waals surface area contributed by atoms with Crippen LogP contribution in [0.15, 0.2) is 12.1 Å². The molecule has 0 unspecified atom stereocenters. The first kappa shape index (κ1) is 15.5. The average Bonchev–Trinajstić information content (AvgIpc) is 2.41. The molecule has 2 heterocycles. The second-order valence-corrected chi connectivity index (χ2v) is 5.76. The summed E-state index contributed by atoms with van der Waals surface area (Å²) in [6.07, 6.45) is 1.00. The van der Waals surface area contributed by atoms with E-state index in [9.17, 15) is 9.90 Å². The Kier molecular flexibility index (Phi) is 4.86. The summed E-state index contributed by atoms with van der Waals surface area (Å²) in [4.78, 5) is 17.7. The molecular weight excluding hydrogens is 303 g/mol. The fourth-order valence-electron chi connectivity index (χ4n) is 2.17. The molecule has 0 aliphatic carbocycles. The van der Waals surface area contributed by atoms with Crippen molar-refractivity contribution in [1.29, 1.82) is 0 Å². The standard InChI is InChI=1S/C13H16Cl2N2O3/c1-17(8-13(19)4-6-20-7-5-13)12(18)11-9(14)2-3-10(15)16-11/h2-3,19H,4-8H2,1H3. The molecule has 0 spiro atoms. The Morgan fingerprint density at radius 1 is 1.45 bits per heavy atom. The van der Waals surface area contributed by atoms with E-state index >= 15 is 0 Å². The third-order valence-electron chi connectivity index (χ3n) is 3.32. The summed E-state index contributed by atoms with van der Waals surface area (Å²) in [6.45, 7) is 1.20. The fourth-order valence-corrected chi connectivity index (χ4v) is 2.51. The van der Waals surface area contributed by atoms with E-state index in [2.05, 4.69) is 4.98 Å². The maximum absolute atomic E-state index is 12.3. The van der Waals surface area contributed by atoms with Crippen molar-refractivity contribution >= 4 is 29.1 Å². The lowest BCUT2D eigenvalue weighted by molar-refractivity contribution is -0.0734. The van der Waals surface area contributed by atoms with Crippen molar-refractivity contribution in [3.8, 4) is 0 Å². The molecular formula is C13H16Cl2N2O3. The molecule has 1 aromatic heterocycles. The van der Waals surface area contributed by atoms with Crippen LogP contribution in [-0.2, 0) is 4.74 Å². The molecule has 1 aliphatic heterocycles. The zero-order chi connectivity index (χ0) is 14.8. The molecule has 110 valence electrons. The van der Waals surface area contributed by atoms with E-state index in [4.69, 9.17) is 27.9 Å². The highest BCUT2D eigenvalue weighted by molar-refractivity contribution is 6.34. The molecule has 1 saturated heterocycles. The number of carbonyl (C=O) groups excluding carboxylic acids is 1. The lowest BCUT2D eigenvalue weighted by Crippen LogP contribution is -2.47. The Labute approximate surface area is 127 Å². The monoisotopic (exact) mass is 318 g/mol. The maximum atomic E-state index is 12.3. The average molecular weight is 319 g/mol. The number of halogens is 2. The largest absolute Gasteiger partial charge is 0.388 e. The summed E-state index contributed by atoms with van der Waals surface area (Å²) in [5.74, 6) is -0.364. The topological polar surface area (TPSA) is 62.7 Å². The number of amides is 1. The van der Waals surface area contributed by atoms with Gasteiger partial charge in [0.2, 0.25) is 0 Å². The molecule has 7 heteroatoms. The van der Waals surface area contributed by atoms with E-state index in [0.29, 0.717) is 26.1 Å². The highest BCUT2D eigenvalue weighted by Gasteiger charge is 2.33. The zero-order valence-electron chi connectivity index (χ0n) is 11.1. The van der Waals surface area contributed by atoms with E-state index < -0.39 is 5.60 Å². The van der Waals surface area contributed by atoms with E-state index in [1.54, 1.807) is 7.05 Å². The Hall–Kier alpha value is -0.880. The van der Waals surface area contributed by atoms with Crippen LogP contribution in [0.25, 0.3) is 0 Å². The van der Waals surface area contributed by atoms with Gasteiger partial charge in [0.25, 0.3) is 5.91 Å². The van der Waals surface area contributed by atoms with Crippen LogP contribution in [0.2, 0.25) is 10.2 Å². The number of ether oxygens (including phenoxy) is 1. The van der Waals surface area contributed by atoms with Gasteiger partial charge in [-0.05, 0) is 12.1 Å². The number of hydrogen-bond acceptors (Lipinski definition) is 4. The van der Waals surface area contributed by atoms with E-state index in [-0.39, 0.29) is 28.3 Å². The molecule has 20 heavy (non-hydrogen) atoms. The highest BCUT2D eigenvalue weighted by atomic mass is 35.5. The number of hydrogen-bond donors (Lipinski definition) is 1. The number of likely N-dealkylation sites (N-methyl/N-ethyl adjacent to an activating group) is 1. The van der Waals surface area contributed by atoms with Crippen LogP contribution in [0.5, 0.6) is 0 Å². The van der Waals surface area contributed by atoms with Gasteiger partial charge in [-0.1, -0.05) is 23.2 Å². The number of aromatic nitrogens is 1. The third-order valence-corrected chi connectivity index (χ3v) is 3.83. The second kappa shape index (κ2) is 6.26. The first-order chi connectivity index (χ1) is 9.41. The van der Waals surface area contributed by atoms with Crippen LogP contribution in [0.3, 0.4) is 0 Å². The minimum absolute atomic E-state index is 0.0947. The lowest BCUT2D eigenvalue weighted by Gasteiger charge is -2.35. The first-order valence-electron chi connectivity index (χ1n) is 6.29. The molecule has 0 atom stereocenters. The number of carbonyl (C=O) groups is 1. The minimum Gasteiger partial charge on any atom is -0.388 e. The van der Waals surface area contributed by atoms with Crippen molar-refractivity contribution in [2.45, 2.75) is 18.4 Å². The Morgan fingerprint density at radius 3 is 2.75 bits per heavy atom. The van der Waals surface area contributed by atoms with E-state index in [1.807, 2.05) is 0 Å². The summed E-state index contributed by atoms with van der Waals surface area (Å²) in [7, 11) is 1.61. The van der Waals surface area contributed by atoms with Crippen molar-refractivity contribution < 1.29 is 14.6 Å². The van der Waals surface area contributed by atoms with Gasteiger partial charge < -0.3 is 14.7 Å². The Balaban J connectivity index is 2.10. The third kappa shape index (κ3) is 3.61. The molecule has 1 N–H and O–H groups in total. The van der Waals surface area contributed by atoms with Gasteiger partial charge in [-0.25, -0.2) is 4.98 Å². The van der Waals surface area contributed by atoms with Crippen molar-refractivity contribution in [2.75, 3.05) is 26.8 Å². The smallest absolute Gasteiger partial charge is 0.273 e. The Bertz CT molecular complexity index is 504. The zero-order valence-corrected chi connectivity index (χ0v) is 12.6. The van der Waals surface area contributed by atoms with Crippen LogP contribution in [0.1, 0.15) is 23.3 Å². The molecule has 0 aromatic carbocycles. The SMILES string of the molecule is CN(CC1(O)CCOCC1)C(=O)c1nc(Cl)ccc1Cl. The van der Waals surface area contributed by atoms with Crippen molar-refractivity contribution in [2.24, 2.45) is 0 Å². The van der Waals surface area contributed by atoms with Crippen molar-refractivity contribution in [3.05, 3.63) is 28.0 Å². The number of rotatable bonds is 3. The summed E-state index contributed by atoms with van der Waals surface area (Å²) in [5, 5.41) is 10.9. The van der Waals surface area contributed by atoms with Gasteiger partial charge in [-0.3, -0.25) is 4.79 Å². The Morgan fingerprint density at radius 2 is 2.10 bits per heavy atom. The van der Waals surface area contributed by atoms with Gasteiger partial charge in [0.05, 0.1) is 10.6 Å². The molecule has 0 saturated carbocycles. The normalized spacial score (nSPS) is 17.8.